The molecule has 2 atom stereocenters. The highest BCUT2D eigenvalue weighted by Crippen LogP contribution is 2.57. The first-order valence-corrected chi connectivity index (χ1v) is 5.10. The van der Waals surface area contributed by atoms with Crippen LogP contribution in [0.15, 0.2) is 0 Å². The molecule has 0 amide bonds. The summed E-state index contributed by atoms with van der Waals surface area (Å²) in [5, 5.41) is 0. The summed E-state index contributed by atoms with van der Waals surface area (Å²) in [6.45, 7) is 0. The second-order valence-corrected chi connectivity index (χ2v) is 4.86. The van der Waals surface area contributed by atoms with Crippen LogP contribution in [0.25, 0.3) is 0 Å². The lowest BCUT2D eigenvalue weighted by Gasteiger charge is -2.15. The van der Waals surface area contributed by atoms with Crippen LogP contribution in [0.2, 0.25) is 0 Å². The number of terminal acetylenes is 2. The average molecular weight is 199 g/mol. The molecule has 0 bridgehead atoms. The summed E-state index contributed by atoms with van der Waals surface area (Å²) in [6.07, 6.45) is 8.81. The van der Waals surface area contributed by atoms with Crippen molar-refractivity contribution in [3.63, 3.8) is 0 Å². The third kappa shape index (κ3) is 1.77. The summed E-state index contributed by atoms with van der Waals surface area (Å²) >= 11 is 0. The summed E-state index contributed by atoms with van der Waals surface area (Å²) in [5.74, 6) is 4.57. The molecule has 1 fully saturated rings. The first-order valence-electron chi connectivity index (χ1n) is 3.60. The molecule has 1 aliphatic rings. The molecule has 2 unspecified atom stereocenters. The Morgan fingerprint density at radius 3 is 1.85 bits per heavy atom. The highest BCUT2D eigenvalue weighted by atomic mass is 31.2. The number of nitrogens with zero attached hydrogens (tertiary/aromatic N) is 1. The molecule has 0 aromatic heterocycles. The Morgan fingerprint density at radius 1 is 1.23 bits per heavy atom. The van der Waals surface area contributed by atoms with Gasteiger partial charge in [-0.05, 0) is 14.1 Å². The highest BCUT2D eigenvalue weighted by Gasteiger charge is 2.44. The zero-order valence-electron chi connectivity index (χ0n) is 7.43. The molecule has 4 nitrogen and oxygen atoms in total. The van der Waals surface area contributed by atoms with Gasteiger partial charge in [0.2, 0.25) is 0 Å². The maximum atomic E-state index is 11.7. The van der Waals surface area contributed by atoms with Gasteiger partial charge < -0.3 is 0 Å². The van der Waals surface area contributed by atoms with E-state index in [9.17, 15) is 4.57 Å². The first kappa shape index (κ1) is 10.3. The van der Waals surface area contributed by atoms with Crippen molar-refractivity contribution in [2.45, 2.75) is 12.2 Å². The molecule has 1 aliphatic heterocycles. The standard InChI is InChI=1S/C8H10NO3P/c1-5-7-8(6-2)12-13(10,11-7)9(3)4/h1-2,7-8H,3-4H3. The predicted octanol–water partition coefficient (Wildman–Crippen LogP) is 0.707. The number of hydrogen-bond donors (Lipinski definition) is 0. The minimum atomic E-state index is -3.24. The van der Waals surface area contributed by atoms with E-state index in [1.807, 2.05) is 0 Å². The fraction of sp³-hybridized carbons (Fsp3) is 0.500. The quantitative estimate of drug-likeness (QED) is 0.460. The maximum absolute atomic E-state index is 11.7. The lowest BCUT2D eigenvalue weighted by molar-refractivity contribution is 0.251. The molecule has 0 N–H and O–H groups in total. The van der Waals surface area contributed by atoms with Crippen LogP contribution in [0.5, 0.6) is 0 Å². The number of hydrogen-bond acceptors (Lipinski definition) is 3. The molecule has 70 valence electrons. The molecule has 13 heavy (non-hydrogen) atoms. The summed E-state index contributed by atoms with van der Waals surface area (Å²) in [7, 11) is -0.0857. The fourth-order valence-electron chi connectivity index (χ4n) is 0.847. The Kier molecular flexibility index (Phi) is 2.81. The van der Waals surface area contributed by atoms with Crippen LogP contribution in [-0.4, -0.2) is 31.0 Å². The lowest BCUT2D eigenvalue weighted by Crippen LogP contribution is -2.17. The van der Waals surface area contributed by atoms with Crippen molar-refractivity contribution in [3.05, 3.63) is 0 Å². The molecule has 0 saturated carbocycles. The van der Waals surface area contributed by atoms with Gasteiger partial charge in [0.15, 0.2) is 12.2 Å². The molecule has 1 saturated heterocycles. The molecule has 1 rings (SSSR count). The van der Waals surface area contributed by atoms with Crippen LogP contribution in [0.3, 0.4) is 0 Å². The molecule has 5 heteroatoms. The Hall–Kier alpha value is -0.770. The van der Waals surface area contributed by atoms with E-state index in [0.29, 0.717) is 0 Å². The van der Waals surface area contributed by atoms with E-state index in [4.69, 9.17) is 21.9 Å². The minimum absolute atomic E-state index is 0.724. The second kappa shape index (κ2) is 3.54. The maximum Gasteiger partial charge on any atom is 0.410 e. The topological polar surface area (TPSA) is 38.8 Å². The lowest BCUT2D eigenvalue weighted by atomic mass is 10.2. The van der Waals surface area contributed by atoms with E-state index in [0.717, 1.165) is 0 Å². The molecular weight excluding hydrogens is 189 g/mol. The largest absolute Gasteiger partial charge is 0.410 e. The molecule has 1 heterocycles. The molecular formula is C8H10NO3P. The second-order valence-electron chi connectivity index (χ2n) is 2.70. The predicted molar refractivity (Wildman–Crippen MR) is 48.7 cm³/mol. The van der Waals surface area contributed by atoms with Gasteiger partial charge >= 0.3 is 7.75 Å². The van der Waals surface area contributed by atoms with Gasteiger partial charge in [-0.15, -0.1) is 12.8 Å². The van der Waals surface area contributed by atoms with Crippen LogP contribution in [-0.2, 0) is 13.6 Å². The van der Waals surface area contributed by atoms with Crippen molar-refractivity contribution in [1.29, 1.82) is 0 Å². The van der Waals surface area contributed by atoms with Gasteiger partial charge in [0.25, 0.3) is 0 Å². The molecule has 0 radical (unpaired) electrons. The third-order valence-electron chi connectivity index (χ3n) is 1.59. The number of rotatable bonds is 1. The normalized spacial score (nSPS) is 38.5. The summed E-state index contributed by atoms with van der Waals surface area (Å²) in [6, 6.07) is 0. The van der Waals surface area contributed by atoms with Gasteiger partial charge in [-0.25, -0.2) is 9.24 Å². The molecule has 0 spiro atoms. The van der Waals surface area contributed by atoms with E-state index in [-0.39, 0.29) is 0 Å². The Labute approximate surface area is 77.8 Å². The smallest absolute Gasteiger partial charge is 0.276 e. The van der Waals surface area contributed by atoms with E-state index < -0.39 is 20.0 Å². The van der Waals surface area contributed by atoms with Crippen LogP contribution >= 0.6 is 7.75 Å². The van der Waals surface area contributed by atoms with E-state index in [2.05, 4.69) is 11.8 Å². The zero-order valence-corrected chi connectivity index (χ0v) is 8.32. The summed E-state index contributed by atoms with van der Waals surface area (Å²) < 4.78 is 23.2. The van der Waals surface area contributed by atoms with Crippen molar-refractivity contribution >= 4 is 7.75 Å². The van der Waals surface area contributed by atoms with Gasteiger partial charge in [-0.1, -0.05) is 11.8 Å². The van der Waals surface area contributed by atoms with Crippen molar-refractivity contribution in [3.8, 4) is 24.7 Å². The monoisotopic (exact) mass is 199 g/mol. The van der Waals surface area contributed by atoms with Crippen LogP contribution < -0.4 is 0 Å². The van der Waals surface area contributed by atoms with E-state index in [1.54, 1.807) is 14.1 Å². The third-order valence-corrected chi connectivity index (χ3v) is 3.55. The Bertz CT molecular complexity index is 299. The first-order chi connectivity index (χ1) is 6.03. The molecule has 0 aliphatic carbocycles. The van der Waals surface area contributed by atoms with Gasteiger partial charge in [-0.2, -0.15) is 0 Å². The van der Waals surface area contributed by atoms with E-state index in [1.165, 1.54) is 4.67 Å². The van der Waals surface area contributed by atoms with Gasteiger partial charge in [-0.3, -0.25) is 9.05 Å². The van der Waals surface area contributed by atoms with Crippen molar-refractivity contribution < 1.29 is 13.6 Å². The van der Waals surface area contributed by atoms with Crippen LogP contribution in [0.1, 0.15) is 0 Å². The fourth-order valence-corrected chi connectivity index (χ4v) is 2.19. The molecule has 0 aromatic carbocycles. The van der Waals surface area contributed by atoms with Crippen molar-refractivity contribution in [2.24, 2.45) is 0 Å². The van der Waals surface area contributed by atoms with Crippen molar-refractivity contribution in [2.75, 3.05) is 14.1 Å². The highest BCUT2D eigenvalue weighted by molar-refractivity contribution is 7.51. The van der Waals surface area contributed by atoms with E-state index >= 15 is 0 Å². The minimum Gasteiger partial charge on any atom is -0.276 e. The van der Waals surface area contributed by atoms with Crippen molar-refractivity contribution in [1.82, 2.24) is 4.67 Å². The zero-order chi connectivity index (χ0) is 10.1. The molecule has 0 aromatic rings. The van der Waals surface area contributed by atoms with Crippen LogP contribution in [0.4, 0.5) is 0 Å². The van der Waals surface area contributed by atoms with Crippen LogP contribution in [0, 0.1) is 24.7 Å². The Balaban J connectivity index is 2.88. The summed E-state index contributed by atoms with van der Waals surface area (Å²) in [4.78, 5) is 0. The van der Waals surface area contributed by atoms with Gasteiger partial charge in [0, 0.05) is 0 Å². The average Bonchev–Trinajstić information content (AvgIpc) is 2.43. The van der Waals surface area contributed by atoms with Gasteiger partial charge in [0.05, 0.1) is 0 Å². The Morgan fingerprint density at radius 2 is 1.62 bits per heavy atom. The van der Waals surface area contributed by atoms with Gasteiger partial charge in [0.1, 0.15) is 0 Å². The summed E-state index contributed by atoms with van der Waals surface area (Å²) in [5.41, 5.74) is 0. The SMILES string of the molecule is C#CC1OP(=O)(N(C)C)OC1C#C.